The van der Waals surface area contributed by atoms with E-state index in [9.17, 15) is 22.8 Å². The van der Waals surface area contributed by atoms with Crippen LogP contribution in [-0.4, -0.2) is 54.7 Å². The second-order valence-corrected chi connectivity index (χ2v) is 9.15. The minimum absolute atomic E-state index is 0.0364. The van der Waals surface area contributed by atoms with Gasteiger partial charge in [0, 0.05) is 18.3 Å². The van der Waals surface area contributed by atoms with Gasteiger partial charge in [0.05, 0.1) is 5.69 Å². The molecule has 0 aliphatic heterocycles. The smallest absolute Gasteiger partial charge is 0.271 e. The van der Waals surface area contributed by atoms with Crippen LogP contribution in [-0.2, 0) is 14.8 Å². The molecule has 0 bridgehead atoms. The quantitative estimate of drug-likeness (QED) is 0.0679. The Kier molecular flexibility index (Phi) is 10.7. The summed E-state index contributed by atoms with van der Waals surface area (Å²) in [6.45, 7) is 2.37. The summed E-state index contributed by atoms with van der Waals surface area (Å²) in [4.78, 5) is 20.7. The van der Waals surface area contributed by atoms with Crippen molar-refractivity contribution in [1.29, 1.82) is 5.26 Å². The number of halogens is 1. The molecule has 1 aromatic carbocycles. The van der Waals surface area contributed by atoms with Crippen molar-refractivity contribution >= 4 is 21.9 Å². The van der Waals surface area contributed by atoms with Crippen molar-refractivity contribution in [2.75, 3.05) is 13.1 Å². The number of benzene rings is 1. The van der Waals surface area contributed by atoms with Crippen LogP contribution in [0, 0.1) is 17.3 Å². The van der Waals surface area contributed by atoms with Gasteiger partial charge in [0.2, 0.25) is 16.0 Å². The Bertz CT molecular complexity index is 1170. The lowest BCUT2D eigenvalue weighted by molar-refractivity contribution is -0.151. The third-order valence-corrected chi connectivity index (χ3v) is 6.23. The minimum Gasteiger partial charge on any atom is -0.330 e. The van der Waals surface area contributed by atoms with Gasteiger partial charge in [-0.1, -0.05) is 25.5 Å². The molecular formula is C22H28FN7O4S. The van der Waals surface area contributed by atoms with Gasteiger partial charge in [-0.25, -0.2) is 12.8 Å². The number of nitrogens with zero attached hydrogens (tertiary/aromatic N) is 4. The van der Waals surface area contributed by atoms with Crippen molar-refractivity contribution in [2.24, 2.45) is 10.7 Å². The molecule has 1 amide bonds. The van der Waals surface area contributed by atoms with E-state index in [2.05, 4.69) is 20.0 Å². The van der Waals surface area contributed by atoms with Gasteiger partial charge in [0.15, 0.2) is 6.19 Å². The van der Waals surface area contributed by atoms with Gasteiger partial charge in [-0.3, -0.25) is 25.3 Å². The van der Waals surface area contributed by atoms with Gasteiger partial charge in [0.25, 0.3) is 5.91 Å². The Morgan fingerprint density at radius 2 is 2.11 bits per heavy atom. The summed E-state index contributed by atoms with van der Waals surface area (Å²) in [7, 11) is -4.24. The standard InChI is InChI=1S/C22H28FN7O4S/c1-2-12-26-22(28-15-25)30(32)21(31)20(8-3-4-11-24)29-35(33,34)18-9-10-19(27-14-18)16-6-5-7-17(23)13-16/h5-7,9-10,13-14,20,29,32H,2-4,8,11-12,24H2,1H3,(H,26,28)/t20-/m1/s1. The normalized spacial score (nSPS) is 12.6. The zero-order chi connectivity index (χ0) is 25.8. The maximum absolute atomic E-state index is 13.5. The summed E-state index contributed by atoms with van der Waals surface area (Å²) < 4.78 is 41.7. The first-order valence-corrected chi connectivity index (χ1v) is 12.4. The van der Waals surface area contributed by atoms with Crippen molar-refractivity contribution in [3.63, 3.8) is 0 Å². The number of unbranched alkanes of at least 4 members (excludes halogenated alkanes) is 1. The molecule has 0 spiro atoms. The average Bonchev–Trinajstić information content (AvgIpc) is 2.85. The van der Waals surface area contributed by atoms with E-state index >= 15 is 0 Å². The molecular weight excluding hydrogens is 477 g/mol. The highest BCUT2D eigenvalue weighted by Crippen LogP contribution is 2.20. The van der Waals surface area contributed by atoms with E-state index in [-0.39, 0.29) is 22.9 Å². The Hall–Kier alpha value is -3.44. The number of carbonyl (C=O) groups is 1. The summed E-state index contributed by atoms with van der Waals surface area (Å²) in [6, 6.07) is 7.01. The zero-order valence-corrected chi connectivity index (χ0v) is 20.0. The van der Waals surface area contributed by atoms with Crippen molar-refractivity contribution in [1.82, 2.24) is 20.1 Å². The molecule has 0 aliphatic carbocycles. The first kappa shape index (κ1) is 27.8. The minimum atomic E-state index is -4.24. The number of hydroxylamine groups is 2. The number of rotatable bonds is 11. The predicted molar refractivity (Wildman–Crippen MR) is 127 cm³/mol. The van der Waals surface area contributed by atoms with Crippen LogP contribution < -0.4 is 15.8 Å². The molecule has 0 fully saturated rings. The van der Waals surface area contributed by atoms with E-state index in [1.165, 1.54) is 30.3 Å². The van der Waals surface area contributed by atoms with Gasteiger partial charge in [-0.05, 0) is 50.1 Å². The highest BCUT2D eigenvalue weighted by atomic mass is 32.2. The topological polar surface area (TPSA) is 174 Å². The molecule has 0 unspecified atom stereocenters. The Morgan fingerprint density at radius 1 is 1.34 bits per heavy atom. The monoisotopic (exact) mass is 505 g/mol. The molecule has 188 valence electrons. The van der Waals surface area contributed by atoms with Gasteiger partial charge in [0.1, 0.15) is 16.8 Å². The lowest BCUT2D eigenvalue weighted by Crippen LogP contribution is -2.51. The van der Waals surface area contributed by atoms with E-state index in [1.807, 2.05) is 6.92 Å². The van der Waals surface area contributed by atoms with Crippen molar-refractivity contribution < 1.29 is 22.8 Å². The van der Waals surface area contributed by atoms with E-state index < -0.39 is 33.7 Å². The van der Waals surface area contributed by atoms with Crippen molar-refractivity contribution in [2.45, 2.75) is 43.5 Å². The van der Waals surface area contributed by atoms with Gasteiger partial charge >= 0.3 is 0 Å². The van der Waals surface area contributed by atoms with Crippen LogP contribution in [0.4, 0.5) is 4.39 Å². The molecule has 35 heavy (non-hydrogen) atoms. The number of nitrogens with two attached hydrogens (primary N) is 1. The van der Waals surface area contributed by atoms with E-state index in [4.69, 9.17) is 11.0 Å². The molecule has 1 atom stereocenters. The molecule has 13 heteroatoms. The first-order chi connectivity index (χ1) is 16.7. The number of sulfonamides is 1. The molecule has 2 aromatic rings. The summed E-state index contributed by atoms with van der Waals surface area (Å²) >= 11 is 0. The van der Waals surface area contributed by atoms with E-state index in [0.29, 0.717) is 37.1 Å². The maximum atomic E-state index is 13.5. The maximum Gasteiger partial charge on any atom is 0.271 e. The van der Waals surface area contributed by atoms with Crippen molar-refractivity contribution in [3.05, 3.63) is 48.4 Å². The van der Waals surface area contributed by atoms with Crippen LogP contribution in [0.25, 0.3) is 11.3 Å². The lowest BCUT2D eigenvalue weighted by atomic mass is 10.1. The van der Waals surface area contributed by atoms with E-state index in [1.54, 1.807) is 12.3 Å². The predicted octanol–water partition coefficient (Wildman–Crippen LogP) is 1.72. The molecule has 0 saturated carbocycles. The summed E-state index contributed by atoms with van der Waals surface area (Å²) in [5, 5.41) is 21.5. The number of nitriles is 1. The Labute approximate surface area is 203 Å². The van der Waals surface area contributed by atoms with Crippen molar-refractivity contribution in [3.8, 4) is 17.5 Å². The van der Waals surface area contributed by atoms with Crippen LogP contribution in [0.15, 0.2) is 52.5 Å². The summed E-state index contributed by atoms with van der Waals surface area (Å²) in [5.74, 6) is -1.89. The number of hydrogen-bond acceptors (Lipinski definition) is 8. The fourth-order valence-electron chi connectivity index (χ4n) is 3.02. The second kappa shape index (κ2) is 13.4. The molecule has 0 radical (unpaired) electrons. The zero-order valence-electron chi connectivity index (χ0n) is 19.2. The molecule has 0 saturated heterocycles. The van der Waals surface area contributed by atoms with Crippen LogP contribution in [0.5, 0.6) is 0 Å². The van der Waals surface area contributed by atoms with Gasteiger partial charge in [-0.2, -0.15) is 15.0 Å². The fourth-order valence-corrected chi connectivity index (χ4v) is 4.19. The third kappa shape index (κ3) is 8.08. The lowest BCUT2D eigenvalue weighted by Gasteiger charge is -2.23. The highest BCUT2D eigenvalue weighted by molar-refractivity contribution is 7.89. The molecule has 11 nitrogen and oxygen atoms in total. The summed E-state index contributed by atoms with van der Waals surface area (Å²) in [6.07, 6.45) is 4.21. The number of guanidine groups is 1. The second-order valence-electron chi connectivity index (χ2n) is 7.44. The van der Waals surface area contributed by atoms with Crippen LogP contribution in [0.3, 0.4) is 0 Å². The average molecular weight is 506 g/mol. The third-order valence-electron chi connectivity index (χ3n) is 4.77. The molecule has 0 aliphatic rings. The fraction of sp³-hybridized carbons (Fsp3) is 0.364. The Balaban J connectivity index is 2.27. The van der Waals surface area contributed by atoms with E-state index in [0.717, 1.165) is 6.20 Å². The largest absolute Gasteiger partial charge is 0.330 e. The molecule has 1 aromatic heterocycles. The van der Waals surface area contributed by atoms with Crippen LogP contribution in [0.1, 0.15) is 32.6 Å². The van der Waals surface area contributed by atoms with Crippen LogP contribution >= 0.6 is 0 Å². The number of aromatic nitrogens is 1. The Morgan fingerprint density at radius 3 is 2.71 bits per heavy atom. The summed E-state index contributed by atoms with van der Waals surface area (Å²) in [5.41, 5.74) is 6.33. The molecule has 2 rings (SSSR count). The number of pyridine rings is 1. The first-order valence-electron chi connectivity index (χ1n) is 10.9. The highest BCUT2D eigenvalue weighted by Gasteiger charge is 2.31. The number of carbonyl (C=O) groups excluding carboxylic acids is 1. The van der Waals surface area contributed by atoms with Gasteiger partial charge in [-0.15, -0.1) is 0 Å². The number of aliphatic imine (C=N–C) groups is 1. The van der Waals surface area contributed by atoms with Gasteiger partial charge < -0.3 is 5.73 Å². The van der Waals surface area contributed by atoms with Crippen LogP contribution in [0.2, 0.25) is 0 Å². The number of amides is 1. The molecule has 5 N–H and O–H groups in total. The molecule has 1 heterocycles. The number of nitrogens with one attached hydrogen (secondary N) is 2. The SMILES string of the molecule is CCCN=C(NC#N)N(O)C(=O)[C@@H](CCCCN)NS(=O)(=O)c1ccc(-c2cccc(F)c2)nc1. The number of hydrogen-bond donors (Lipinski definition) is 4.